The molecule has 0 saturated carbocycles. The van der Waals surface area contributed by atoms with E-state index in [9.17, 15) is 0 Å². The number of hydrogen-bond acceptors (Lipinski definition) is 4. The summed E-state index contributed by atoms with van der Waals surface area (Å²) in [6.45, 7) is 0. The van der Waals surface area contributed by atoms with Crippen LogP contribution in [0.25, 0.3) is 93.0 Å². The third kappa shape index (κ3) is 4.63. The van der Waals surface area contributed by atoms with Crippen LogP contribution in [-0.4, -0.2) is 19.5 Å². The van der Waals surface area contributed by atoms with Gasteiger partial charge < -0.3 is 4.57 Å². The molecule has 0 fully saturated rings. The lowest BCUT2D eigenvalue weighted by Crippen LogP contribution is -2.02. The van der Waals surface area contributed by atoms with Gasteiger partial charge in [-0.2, -0.15) is 0 Å². The Morgan fingerprint density at radius 2 is 0.940 bits per heavy atom. The fourth-order valence-corrected chi connectivity index (χ4v) is 8.38. The number of benzene rings is 7. The van der Waals surface area contributed by atoms with Crippen molar-refractivity contribution in [1.82, 2.24) is 19.5 Å². The number of thiophene rings is 1. The van der Waals surface area contributed by atoms with E-state index in [2.05, 4.69) is 114 Å². The Hall–Kier alpha value is -6.43. The zero-order valence-corrected chi connectivity index (χ0v) is 27.7. The summed E-state index contributed by atoms with van der Waals surface area (Å²) >= 11 is 1.86. The monoisotopic (exact) mass is 656 g/mol. The van der Waals surface area contributed by atoms with Gasteiger partial charge in [0.1, 0.15) is 0 Å². The first-order chi connectivity index (χ1) is 24.8. The average Bonchev–Trinajstić information content (AvgIpc) is 3.75. The third-order valence-electron chi connectivity index (χ3n) is 9.46. The van der Waals surface area contributed by atoms with Crippen molar-refractivity contribution in [2.45, 2.75) is 0 Å². The van der Waals surface area contributed by atoms with Crippen LogP contribution in [0.3, 0.4) is 0 Å². The van der Waals surface area contributed by atoms with Crippen LogP contribution in [0.5, 0.6) is 0 Å². The molecule has 0 unspecified atom stereocenters. The summed E-state index contributed by atoms with van der Waals surface area (Å²) in [5, 5.41) is 5.03. The van der Waals surface area contributed by atoms with Gasteiger partial charge in [0.25, 0.3) is 0 Å². The summed E-state index contributed by atoms with van der Waals surface area (Å²) in [5.41, 5.74) is 8.55. The van der Waals surface area contributed by atoms with Crippen LogP contribution in [0.1, 0.15) is 0 Å². The Labute approximate surface area is 292 Å². The normalized spacial score (nSPS) is 11.6. The molecule has 0 saturated heterocycles. The molecular weight excluding hydrogens is 629 g/mol. The second-order valence-electron chi connectivity index (χ2n) is 12.4. The minimum absolute atomic E-state index is 0.631. The van der Waals surface area contributed by atoms with Crippen molar-refractivity contribution in [3.05, 3.63) is 170 Å². The molecule has 7 aromatic carbocycles. The number of aromatic nitrogens is 4. The SMILES string of the molecule is c1ccc(-c2nc(-c3ccccc3)nc(-c3ccc(-c4ccccc4)c(-n4c5ccccc5c5ccc6c7ccccc7sc6c54)c3)n2)cc1. The molecule has 0 N–H and O–H groups in total. The van der Waals surface area contributed by atoms with E-state index >= 15 is 0 Å². The van der Waals surface area contributed by atoms with Crippen molar-refractivity contribution < 1.29 is 0 Å². The Bertz CT molecular complexity index is 2800. The Kier molecular flexibility index (Phi) is 6.64. The number of rotatable bonds is 5. The zero-order valence-electron chi connectivity index (χ0n) is 26.9. The number of hydrogen-bond donors (Lipinski definition) is 0. The molecule has 50 heavy (non-hydrogen) atoms. The highest BCUT2D eigenvalue weighted by Gasteiger charge is 2.21. The number of fused-ring (bicyclic) bond motifs is 7. The second-order valence-corrected chi connectivity index (χ2v) is 13.5. The number of nitrogens with zero attached hydrogens (tertiary/aromatic N) is 4. The van der Waals surface area contributed by atoms with Gasteiger partial charge in [0.05, 0.1) is 21.4 Å². The number of para-hydroxylation sites is 1. The van der Waals surface area contributed by atoms with Gasteiger partial charge in [-0.1, -0.05) is 152 Å². The largest absolute Gasteiger partial charge is 0.307 e. The minimum atomic E-state index is 0.631. The average molecular weight is 657 g/mol. The molecule has 4 nitrogen and oxygen atoms in total. The minimum Gasteiger partial charge on any atom is -0.307 e. The zero-order chi connectivity index (χ0) is 33.0. The van der Waals surface area contributed by atoms with Crippen LogP contribution in [0.15, 0.2) is 170 Å². The van der Waals surface area contributed by atoms with Crippen LogP contribution in [0.4, 0.5) is 0 Å². The van der Waals surface area contributed by atoms with Crippen LogP contribution in [-0.2, 0) is 0 Å². The summed E-state index contributed by atoms with van der Waals surface area (Å²) < 4.78 is 5.03. The standard InChI is InChI=1S/C45H28N4S/c1-4-14-29(15-5-1)33-25-24-32(45-47-43(30-16-6-2-7-17-30)46-44(48-45)31-18-8-3-9-19-31)28-39(33)49-38-22-12-10-20-34(38)36-26-27-37-35-21-11-13-23-40(35)50-42(37)41(36)49/h1-28H. The van der Waals surface area contributed by atoms with Crippen molar-refractivity contribution in [3.63, 3.8) is 0 Å². The predicted molar refractivity (Wildman–Crippen MR) is 209 cm³/mol. The Balaban J connectivity index is 1.30. The lowest BCUT2D eigenvalue weighted by atomic mass is 10.0. The van der Waals surface area contributed by atoms with E-state index < -0.39 is 0 Å². The summed E-state index contributed by atoms with van der Waals surface area (Å²) in [7, 11) is 0. The smallest absolute Gasteiger partial charge is 0.164 e. The molecule has 0 amide bonds. The summed E-state index contributed by atoms with van der Waals surface area (Å²) in [6, 6.07) is 59.6. The van der Waals surface area contributed by atoms with Crippen LogP contribution < -0.4 is 0 Å². The first kappa shape index (κ1) is 28.6. The van der Waals surface area contributed by atoms with E-state index in [0.29, 0.717) is 17.5 Å². The second kappa shape index (κ2) is 11.6. The van der Waals surface area contributed by atoms with E-state index in [1.165, 1.54) is 36.5 Å². The van der Waals surface area contributed by atoms with Crippen molar-refractivity contribution in [2.75, 3.05) is 0 Å². The molecule has 0 aliphatic heterocycles. The molecule has 3 heterocycles. The van der Waals surface area contributed by atoms with E-state index in [-0.39, 0.29) is 0 Å². The summed E-state index contributed by atoms with van der Waals surface area (Å²) in [4.78, 5) is 15.1. The highest BCUT2D eigenvalue weighted by molar-refractivity contribution is 7.26. The highest BCUT2D eigenvalue weighted by atomic mass is 32.1. The van der Waals surface area contributed by atoms with Gasteiger partial charge in [-0.15, -0.1) is 11.3 Å². The quantitative estimate of drug-likeness (QED) is 0.185. The summed E-state index contributed by atoms with van der Waals surface area (Å²) in [6.07, 6.45) is 0. The van der Waals surface area contributed by atoms with Gasteiger partial charge in [-0.3, -0.25) is 0 Å². The lowest BCUT2D eigenvalue weighted by molar-refractivity contribution is 1.07. The first-order valence-electron chi connectivity index (χ1n) is 16.7. The van der Waals surface area contributed by atoms with Crippen molar-refractivity contribution >= 4 is 53.3 Å². The van der Waals surface area contributed by atoms with E-state index in [4.69, 9.17) is 15.0 Å². The van der Waals surface area contributed by atoms with Gasteiger partial charge in [-0.25, -0.2) is 15.0 Å². The van der Waals surface area contributed by atoms with Gasteiger partial charge in [0.2, 0.25) is 0 Å². The third-order valence-corrected chi connectivity index (χ3v) is 10.7. The molecule has 234 valence electrons. The Morgan fingerprint density at radius 3 is 1.62 bits per heavy atom. The van der Waals surface area contributed by atoms with Gasteiger partial charge in [0.15, 0.2) is 17.5 Å². The van der Waals surface area contributed by atoms with Crippen molar-refractivity contribution in [3.8, 4) is 51.0 Å². The maximum Gasteiger partial charge on any atom is 0.164 e. The van der Waals surface area contributed by atoms with Crippen molar-refractivity contribution in [1.29, 1.82) is 0 Å². The maximum absolute atomic E-state index is 5.10. The molecule has 10 rings (SSSR count). The molecule has 0 aliphatic rings. The van der Waals surface area contributed by atoms with Crippen molar-refractivity contribution in [2.24, 2.45) is 0 Å². The molecule has 0 spiro atoms. The lowest BCUT2D eigenvalue weighted by Gasteiger charge is -2.16. The van der Waals surface area contributed by atoms with Gasteiger partial charge in [0, 0.05) is 48.5 Å². The molecule has 0 atom stereocenters. The molecule has 0 radical (unpaired) electrons. The van der Waals surface area contributed by atoms with E-state index in [1.54, 1.807) is 0 Å². The summed E-state index contributed by atoms with van der Waals surface area (Å²) in [5.74, 6) is 1.92. The maximum atomic E-state index is 5.10. The van der Waals surface area contributed by atoms with Gasteiger partial charge >= 0.3 is 0 Å². The van der Waals surface area contributed by atoms with Crippen LogP contribution in [0.2, 0.25) is 0 Å². The molecule has 0 aliphatic carbocycles. The molecule has 0 bridgehead atoms. The Morgan fingerprint density at radius 1 is 0.400 bits per heavy atom. The molecular formula is C45H28N4S. The fourth-order valence-electron chi connectivity index (χ4n) is 7.14. The molecule has 10 aromatic rings. The predicted octanol–water partition coefficient (Wildman–Crippen LogP) is 12.0. The molecule has 5 heteroatoms. The van der Waals surface area contributed by atoms with Crippen LogP contribution in [0, 0.1) is 0 Å². The highest BCUT2D eigenvalue weighted by Crippen LogP contribution is 2.44. The topological polar surface area (TPSA) is 43.6 Å². The van der Waals surface area contributed by atoms with E-state index in [0.717, 1.165) is 39.0 Å². The first-order valence-corrected chi connectivity index (χ1v) is 17.5. The van der Waals surface area contributed by atoms with Crippen LogP contribution >= 0.6 is 11.3 Å². The van der Waals surface area contributed by atoms with Gasteiger partial charge in [-0.05, 0) is 23.8 Å². The van der Waals surface area contributed by atoms with E-state index in [1.807, 2.05) is 72.0 Å². The molecule has 3 aromatic heterocycles. The fraction of sp³-hybridized carbons (Fsp3) is 0.